The summed E-state index contributed by atoms with van der Waals surface area (Å²) < 4.78 is 24.7. The zero-order valence-electron chi connectivity index (χ0n) is 17.2. The lowest BCUT2D eigenvalue weighted by Gasteiger charge is -2.38. The highest BCUT2D eigenvalue weighted by Crippen LogP contribution is 2.35. The summed E-state index contributed by atoms with van der Waals surface area (Å²) in [6.45, 7) is 2.85. The van der Waals surface area contributed by atoms with Crippen molar-refractivity contribution < 1.29 is 13.9 Å². The third kappa shape index (κ3) is 5.48. The molecular formula is C23H30FN3O2. The van der Waals surface area contributed by atoms with Crippen LogP contribution in [0.15, 0.2) is 53.5 Å². The van der Waals surface area contributed by atoms with Gasteiger partial charge in [-0.15, -0.1) is 0 Å². The topological polar surface area (TPSA) is 54.9 Å². The van der Waals surface area contributed by atoms with Crippen molar-refractivity contribution in [1.82, 2.24) is 10.6 Å². The molecule has 1 fully saturated rings. The van der Waals surface area contributed by atoms with E-state index in [1.54, 1.807) is 20.2 Å². The monoisotopic (exact) mass is 399 g/mol. The average molecular weight is 400 g/mol. The number of ether oxygens (including phenoxy) is 2. The van der Waals surface area contributed by atoms with Gasteiger partial charge in [0.1, 0.15) is 11.6 Å². The maximum absolute atomic E-state index is 13.8. The molecule has 2 aromatic carbocycles. The second kappa shape index (κ2) is 10.3. The molecule has 2 N–H and O–H groups in total. The molecule has 1 aliphatic rings. The molecule has 0 atom stereocenters. The predicted octanol–water partition coefficient (Wildman–Crippen LogP) is 3.29. The molecule has 0 spiro atoms. The Hall–Kier alpha value is -2.60. The molecule has 0 radical (unpaired) electrons. The maximum atomic E-state index is 13.8. The minimum absolute atomic E-state index is 0.0202. The Balaban J connectivity index is 1.60. The first-order valence-electron chi connectivity index (χ1n) is 10.1. The maximum Gasteiger partial charge on any atom is 0.191 e. The zero-order valence-corrected chi connectivity index (χ0v) is 17.2. The fourth-order valence-electron chi connectivity index (χ4n) is 3.76. The SMILES string of the molecule is CN=C(NCCc1ccccc1F)NCC1(c2ccc(OC)cc2)CCOCC1. The van der Waals surface area contributed by atoms with Gasteiger partial charge >= 0.3 is 0 Å². The van der Waals surface area contributed by atoms with Crippen LogP contribution in [0.5, 0.6) is 5.75 Å². The standard InChI is InChI=1S/C23H30FN3O2/c1-25-22(26-14-11-18-5-3-4-6-21(18)24)27-17-23(12-15-29-16-13-23)19-7-9-20(28-2)10-8-19/h3-10H,11-17H2,1-2H3,(H2,25,26,27). The molecule has 2 aromatic rings. The van der Waals surface area contributed by atoms with Gasteiger partial charge in [0.05, 0.1) is 7.11 Å². The molecule has 1 heterocycles. The molecule has 0 unspecified atom stereocenters. The Morgan fingerprint density at radius 2 is 1.83 bits per heavy atom. The lowest BCUT2D eigenvalue weighted by atomic mass is 9.74. The van der Waals surface area contributed by atoms with Crippen molar-refractivity contribution in [2.75, 3.05) is 40.5 Å². The first-order chi connectivity index (χ1) is 14.2. The van der Waals surface area contributed by atoms with Crippen molar-refractivity contribution in [3.63, 3.8) is 0 Å². The smallest absolute Gasteiger partial charge is 0.191 e. The van der Waals surface area contributed by atoms with Gasteiger partial charge in [-0.05, 0) is 48.6 Å². The van der Waals surface area contributed by atoms with Crippen LogP contribution in [0.1, 0.15) is 24.0 Å². The third-order valence-corrected chi connectivity index (χ3v) is 5.61. The van der Waals surface area contributed by atoms with Gasteiger partial charge in [-0.2, -0.15) is 0 Å². The zero-order chi connectivity index (χ0) is 20.5. The van der Waals surface area contributed by atoms with Crippen LogP contribution in [0.4, 0.5) is 4.39 Å². The van der Waals surface area contributed by atoms with Crippen molar-refractivity contribution >= 4 is 5.96 Å². The van der Waals surface area contributed by atoms with E-state index in [2.05, 4.69) is 27.8 Å². The molecule has 3 rings (SSSR count). The number of halogens is 1. The van der Waals surface area contributed by atoms with Gasteiger partial charge in [0.2, 0.25) is 0 Å². The summed E-state index contributed by atoms with van der Waals surface area (Å²) in [4.78, 5) is 4.33. The minimum atomic E-state index is -0.169. The van der Waals surface area contributed by atoms with Gasteiger partial charge in [-0.25, -0.2) is 4.39 Å². The van der Waals surface area contributed by atoms with E-state index in [-0.39, 0.29) is 11.2 Å². The Morgan fingerprint density at radius 1 is 1.10 bits per heavy atom. The summed E-state index contributed by atoms with van der Waals surface area (Å²) in [5, 5.41) is 6.76. The molecule has 0 aromatic heterocycles. The predicted molar refractivity (Wildman–Crippen MR) is 114 cm³/mol. The van der Waals surface area contributed by atoms with Crippen molar-refractivity contribution in [1.29, 1.82) is 0 Å². The summed E-state index contributed by atoms with van der Waals surface area (Å²) in [6, 6.07) is 15.2. The fourth-order valence-corrected chi connectivity index (χ4v) is 3.76. The van der Waals surface area contributed by atoms with Crippen LogP contribution in [0.2, 0.25) is 0 Å². The summed E-state index contributed by atoms with van der Waals surface area (Å²) >= 11 is 0. The van der Waals surface area contributed by atoms with Crippen LogP contribution in [-0.2, 0) is 16.6 Å². The number of hydrogen-bond acceptors (Lipinski definition) is 3. The van der Waals surface area contributed by atoms with Gasteiger partial charge in [0.25, 0.3) is 0 Å². The fraction of sp³-hybridized carbons (Fsp3) is 0.435. The second-order valence-electron chi connectivity index (χ2n) is 7.32. The summed E-state index contributed by atoms with van der Waals surface area (Å²) in [5.41, 5.74) is 1.96. The minimum Gasteiger partial charge on any atom is -0.497 e. The Labute approximate surface area is 172 Å². The first kappa shape index (κ1) is 21.1. The number of rotatable bonds is 7. The lowest BCUT2D eigenvalue weighted by molar-refractivity contribution is 0.0513. The van der Waals surface area contributed by atoms with E-state index in [4.69, 9.17) is 9.47 Å². The molecule has 0 bridgehead atoms. The largest absolute Gasteiger partial charge is 0.497 e. The highest BCUT2D eigenvalue weighted by molar-refractivity contribution is 5.79. The van der Waals surface area contributed by atoms with E-state index >= 15 is 0 Å². The molecule has 156 valence electrons. The van der Waals surface area contributed by atoms with Crippen molar-refractivity contribution in [3.8, 4) is 5.75 Å². The Bertz CT molecular complexity index is 802. The van der Waals surface area contributed by atoms with Gasteiger partial charge in [-0.3, -0.25) is 4.99 Å². The number of benzene rings is 2. The van der Waals surface area contributed by atoms with Gasteiger partial charge in [-0.1, -0.05) is 30.3 Å². The molecule has 0 amide bonds. The molecule has 1 saturated heterocycles. The van der Waals surface area contributed by atoms with Crippen molar-refractivity contribution in [3.05, 3.63) is 65.5 Å². The van der Waals surface area contributed by atoms with E-state index < -0.39 is 0 Å². The van der Waals surface area contributed by atoms with Crippen LogP contribution in [-0.4, -0.2) is 46.4 Å². The molecule has 0 saturated carbocycles. The number of nitrogens with zero attached hydrogens (tertiary/aromatic N) is 1. The van der Waals surface area contributed by atoms with E-state index in [1.165, 1.54) is 11.6 Å². The number of hydrogen-bond donors (Lipinski definition) is 2. The summed E-state index contributed by atoms with van der Waals surface area (Å²) in [6.07, 6.45) is 2.49. The van der Waals surface area contributed by atoms with Crippen molar-refractivity contribution in [2.45, 2.75) is 24.7 Å². The number of nitrogens with one attached hydrogen (secondary N) is 2. The molecular weight excluding hydrogens is 369 g/mol. The second-order valence-corrected chi connectivity index (χ2v) is 7.32. The third-order valence-electron chi connectivity index (χ3n) is 5.61. The number of aliphatic imine (C=N–C) groups is 1. The van der Waals surface area contributed by atoms with Crippen LogP contribution in [0.3, 0.4) is 0 Å². The highest BCUT2D eigenvalue weighted by atomic mass is 19.1. The lowest BCUT2D eigenvalue weighted by Crippen LogP contribution is -2.48. The quantitative estimate of drug-likeness (QED) is 0.554. The number of guanidine groups is 1. The Morgan fingerprint density at radius 3 is 2.48 bits per heavy atom. The van der Waals surface area contributed by atoms with Crippen LogP contribution < -0.4 is 15.4 Å². The Kier molecular flexibility index (Phi) is 7.47. The van der Waals surface area contributed by atoms with Gasteiger partial charge in [0.15, 0.2) is 5.96 Å². The first-order valence-corrected chi connectivity index (χ1v) is 10.1. The van der Waals surface area contributed by atoms with E-state index in [0.717, 1.165) is 44.3 Å². The molecule has 5 nitrogen and oxygen atoms in total. The summed E-state index contributed by atoms with van der Waals surface area (Å²) in [7, 11) is 3.43. The van der Waals surface area contributed by atoms with Gasteiger partial charge < -0.3 is 20.1 Å². The molecule has 6 heteroatoms. The number of methoxy groups -OCH3 is 1. The molecule has 1 aliphatic heterocycles. The van der Waals surface area contributed by atoms with Crippen LogP contribution >= 0.6 is 0 Å². The average Bonchev–Trinajstić information content (AvgIpc) is 2.78. The van der Waals surface area contributed by atoms with E-state index in [9.17, 15) is 4.39 Å². The van der Waals surface area contributed by atoms with Crippen LogP contribution in [0, 0.1) is 5.82 Å². The van der Waals surface area contributed by atoms with E-state index in [0.29, 0.717) is 18.5 Å². The normalized spacial score (nSPS) is 16.3. The molecule has 0 aliphatic carbocycles. The summed E-state index contributed by atoms with van der Waals surface area (Å²) in [5.74, 6) is 1.41. The highest BCUT2D eigenvalue weighted by Gasteiger charge is 2.34. The van der Waals surface area contributed by atoms with E-state index in [1.807, 2.05) is 24.3 Å². The van der Waals surface area contributed by atoms with Crippen LogP contribution in [0.25, 0.3) is 0 Å². The van der Waals surface area contributed by atoms with Crippen molar-refractivity contribution in [2.24, 2.45) is 4.99 Å². The molecule has 29 heavy (non-hydrogen) atoms. The van der Waals surface area contributed by atoms with Gasteiger partial charge in [0, 0.05) is 38.8 Å².